The van der Waals surface area contributed by atoms with Crippen molar-refractivity contribution in [1.29, 1.82) is 0 Å². The van der Waals surface area contributed by atoms with E-state index in [2.05, 4.69) is 33.0 Å². The average Bonchev–Trinajstić information content (AvgIpc) is 2.67. The van der Waals surface area contributed by atoms with Crippen molar-refractivity contribution in [2.75, 3.05) is 38.2 Å². The standard InChI is InChI=1S/C20H21BrN2O2/c1-25-18-9-7-17(8-10-18)22-12-14-23(15-13-22)20(24)11-6-16-4-2-3-5-19(16)21/h2-11H,12-15H2,1H3/b11-6+. The predicted molar refractivity (Wildman–Crippen MR) is 105 cm³/mol. The van der Waals surface area contributed by atoms with Crippen LogP contribution in [0.3, 0.4) is 0 Å². The van der Waals surface area contributed by atoms with Crippen molar-refractivity contribution < 1.29 is 9.53 Å². The number of rotatable bonds is 4. The lowest BCUT2D eigenvalue weighted by Gasteiger charge is -2.35. The highest BCUT2D eigenvalue weighted by Crippen LogP contribution is 2.21. The number of methoxy groups -OCH3 is 1. The topological polar surface area (TPSA) is 32.8 Å². The van der Waals surface area contributed by atoms with E-state index in [1.54, 1.807) is 13.2 Å². The number of nitrogens with zero attached hydrogens (tertiary/aromatic N) is 2. The van der Waals surface area contributed by atoms with Gasteiger partial charge in [-0.1, -0.05) is 34.1 Å². The van der Waals surface area contributed by atoms with Gasteiger partial charge in [-0.25, -0.2) is 0 Å². The van der Waals surface area contributed by atoms with Gasteiger partial charge in [0, 0.05) is 42.4 Å². The highest BCUT2D eigenvalue weighted by atomic mass is 79.9. The zero-order valence-corrected chi connectivity index (χ0v) is 15.8. The highest BCUT2D eigenvalue weighted by Gasteiger charge is 2.19. The number of benzene rings is 2. The molecule has 0 unspecified atom stereocenters. The number of amides is 1. The van der Waals surface area contributed by atoms with Gasteiger partial charge in [-0.15, -0.1) is 0 Å². The molecule has 0 radical (unpaired) electrons. The summed E-state index contributed by atoms with van der Waals surface area (Å²) in [6.45, 7) is 3.12. The van der Waals surface area contributed by atoms with Crippen molar-refractivity contribution in [3.05, 3.63) is 64.6 Å². The quantitative estimate of drug-likeness (QED) is 0.731. The molecule has 2 aromatic rings. The van der Waals surface area contributed by atoms with Crippen molar-refractivity contribution in [3.8, 4) is 5.75 Å². The largest absolute Gasteiger partial charge is 0.497 e. The molecule has 25 heavy (non-hydrogen) atoms. The van der Waals surface area contributed by atoms with Crippen molar-refractivity contribution >= 4 is 33.6 Å². The molecule has 5 heteroatoms. The van der Waals surface area contributed by atoms with Crippen LogP contribution in [0.15, 0.2) is 59.1 Å². The monoisotopic (exact) mass is 400 g/mol. The van der Waals surface area contributed by atoms with Gasteiger partial charge < -0.3 is 14.5 Å². The molecule has 4 nitrogen and oxygen atoms in total. The van der Waals surface area contributed by atoms with Gasteiger partial charge in [0.1, 0.15) is 5.75 Å². The second-order valence-electron chi connectivity index (χ2n) is 5.87. The summed E-state index contributed by atoms with van der Waals surface area (Å²) < 4.78 is 6.18. The number of ether oxygens (including phenoxy) is 1. The van der Waals surface area contributed by atoms with Crippen LogP contribution in [0.1, 0.15) is 5.56 Å². The molecule has 130 valence electrons. The number of hydrogen-bond acceptors (Lipinski definition) is 3. The van der Waals surface area contributed by atoms with Crippen LogP contribution in [0.25, 0.3) is 6.08 Å². The van der Waals surface area contributed by atoms with Gasteiger partial charge in [0.05, 0.1) is 7.11 Å². The Balaban J connectivity index is 1.56. The van der Waals surface area contributed by atoms with Crippen LogP contribution in [0.5, 0.6) is 5.75 Å². The van der Waals surface area contributed by atoms with Crippen molar-refractivity contribution in [3.63, 3.8) is 0 Å². The lowest BCUT2D eigenvalue weighted by Crippen LogP contribution is -2.48. The van der Waals surface area contributed by atoms with Crippen molar-refractivity contribution in [2.24, 2.45) is 0 Å². The third kappa shape index (κ3) is 4.42. The van der Waals surface area contributed by atoms with E-state index in [0.717, 1.165) is 47.7 Å². The summed E-state index contributed by atoms with van der Waals surface area (Å²) in [5.74, 6) is 0.917. The van der Waals surface area contributed by atoms with Crippen LogP contribution < -0.4 is 9.64 Å². The van der Waals surface area contributed by atoms with E-state index < -0.39 is 0 Å². The lowest BCUT2D eigenvalue weighted by atomic mass is 10.2. The third-order valence-corrected chi connectivity index (χ3v) is 5.06. The van der Waals surface area contributed by atoms with Crippen LogP contribution in [0.2, 0.25) is 0 Å². The van der Waals surface area contributed by atoms with Crippen LogP contribution in [-0.2, 0) is 4.79 Å². The number of halogens is 1. The number of carbonyl (C=O) groups excluding carboxylic acids is 1. The Morgan fingerprint density at radius 1 is 1.04 bits per heavy atom. The maximum atomic E-state index is 12.4. The van der Waals surface area contributed by atoms with Gasteiger partial charge in [-0.05, 0) is 42.0 Å². The molecule has 0 bridgehead atoms. The third-order valence-electron chi connectivity index (χ3n) is 4.34. The smallest absolute Gasteiger partial charge is 0.246 e. The van der Waals surface area contributed by atoms with E-state index in [-0.39, 0.29) is 5.91 Å². The summed E-state index contributed by atoms with van der Waals surface area (Å²) in [5, 5.41) is 0. The minimum atomic E-state index is 0.0603. The van der Waals surface area contributed by atoms with E-state index in [1.807, 2.05) is 47.4 Å². The molecule has 0 aliphatic carbocycles. The van der Waals surface area contributed by atoms with E-state index in [4.69, 9.17) is 4.74 Å². The van der Waals surface area contributed by atoms with Crippen molar-refractivity contribution in [2.45, 2.75) is 0 Å². The first-order valence-corrected chi connectivity index (χ1v) is 9.07. The summed E-state index contributed by atoms with van der Waals surface area (Å²) in [4.78, 5) is 16.6. The first-order valence-electron chi connectivity index (χ1n) is 8.28. The molecule has 0 spiro atoms. The van der Waals surface area contributed by atoms with Crippen molar-refractivity contribution in [1.82, 2.24) is 4.90 Å². The molecule has 0 aromatic heterocycles. The molecule has 0 atom stereocenters. The highest BCUT2D eigenvalue weighted by molar-refractivity contribution is 9.10. The molecular weight excluding hydrogens is 380 g/mol. The zero-order valence-electron chi connectivity index (χ0n) is 14.2. The second kappa shape index (κ2) is 8.21. The predicted octanol–water partition coefficient (Wildman–Crippen LogP) is 3.82. The zero-order chi connectivity index (χ0) is 17.6. The molecule has 1 saturated heterocycles. The minimum absolute atomic E-state index is 0.0603. The summed E-state index contributed by atoms with van der Waals surface area (Å²) in [5.41, 5.74) is 2.17. The average molecular weight is 401 g/mol. The number of piperazine rings is 1. The Labute approximate surface area is 156 Å². The summed E-state index contributed by atoms with van der Waals surface area (Å²) in [7, 11) is 1.67. The minimum Gasteiger partial charge on any atom is -0.497 e. The fraction of sp³-hybridized carbons (Fsp3) is 0.250. The molecule has 2 aromatic carbocycles. The first-order chi connectivity index (χ1) is 12.2. The number of carbonyl (C=O) groups is 1. The molecule has 3 rings (SSSR count). The first kappa shape index (κ1) is 17.5. The van der Waals surface area contributed by atoms with Gasteiger partial charge in [0.15, 0.2) is 0 Å². The second-order valence-corrected chi connectivity index (χ2v) is 6.72. The Kier molecular flexibility index (Phi) is 5.76. The molecule has 1 heterocycles. The van der Waals surface area contributed by atoms with Gasteiger partial charge in [0.25, 0.3) is 0 Å². The summed E-state index contributed by atoms with van der Waals surface area (Å²) >= 11 is 3.49. The van der Waals surface area contributed by atoms with Crippen LogP contribution in [0, 0.1) is 0 Å². The fourth-order valence-corrected chi connectivity index (χ4v) is 3.27. The van der Waals surface area contributed by atoms with Crippen LogP contribution in [-0.4, -0.2) is 44.1 Å². The van der Waals surface area contributed by atoms with Gasteiger partial charge in [-0.2, -0.15) is 0 Å². The van der Waals surface area contributed by atoms with Gasteiger partial charge in [-0.3, -0.25) is 4.79 Å². The Bertz CT molecular complexity index is 751. The maximum Gasteiger partial charge on any atom is 0.246 e. The molecular formula is C20H21BrN2O2. The summed E-state index contributed by atoms with van der Waals surface area (Å²) in [6.07, 6.45) is 3.52. The molecule has 1 aliphatic rings. The lowest BCUT2D eigenvalue weighted by molar-refractivity contribution is -0.126. The molecule has 1 fully saturated rings. The van der Waals surface area contributed by atoms with E-state index in [0.29, 0.717) is 0 Å². The Hall–Kier alpha value is -2.27. The van der Waals surface area contributed by atoms with E-state index in [9.17, 15) is 4.79 Å². The Morgan fingerprint density at radius 3 is 2.36 bits per heavy atom. The maximum absolute atomic E-state index is 12.4. The fourth-order valence-electron chi connectivity index (χ4n) is 2.85. The molecule has 0 N–H and O–H groups in total. The summed E-state index contributed by atoms with van der Waals surface area (Å²) in [6, 6.07) is 15.9. The molecule has 0 saturated carbocycles. The molecule has 1 amide bonds. The van der Waals surface area contributed by atoms with E-state index >= 15 is 0 Å². The van der Waals surface area contributed by atoms with Gasteiger partial charge >= 0.3 is 0 Å². The Morgan fingerprint density at radius 2 is 1.72 bits per heavy atom. The number of anilines is 1. The number of hydrogen-bond donors (Lipinski definition) is 0. The normalized spacial score (nSPS) is 14.8. The van der Waals surface area contributed by atoms with Crippen LogP contribution in [0.4, 0.5) is 5.69 Å². The molecule has 1 aliphatic heterocycles. The SMILES string of the molecule is COc1ccc(N2CCN(C(=O)/C=C/c3ccccc3Br)CC2)cc1. The van der Waals surface area contributed by atoms with Crippen LogP contribution >= 0.6 is 15.9 Å². The van der Waals surface area contributed by atoms with E-state index in [1.165, 1.54) is 0 Å². The van der Waals surface area contributed by atoms with Gasteiger partial charge in [0.2, 0.25) is 5.91 Å².